The Balaban J connectivity index is 2.04. The van der Waals surface area contributed by atoms with Gasteiger partial charge >= 0.3 is 0 Å². The van der Waals surface area contributed by atoms with Gasteiger partial charge in [0.25, 0.3) is 0 Å². The number of methoxy groups -OCH3 is 3. The van der Waals surface area contributed by atoms with Crippen molar-refractivity contribution in [3.8, 4) is 17.2 Å². The normalized spacial score (nSPS) is 10.0. The third-order valence-electron chi connectivity index (χ3n) is 3.26. The fourth-order valence-electron chi connectivity index (χ4n) is 2.16. The van der Waals surface area contributed by atoms with E-state index < -0.39 is 0 Å². The molecular formula is C17H19ClN2O3S. The van der Waals surface area contributed by atoms with Gasteiger partial charge in [0, 0.05) is 17.3 Å². The molecule has 0 saturated carbocycles. The summed E-state index contributed by atoms with van der Waals surface area (Å²) in [4.78, 5) is 0. The smallest absolute Gasteiger partial charge is 0.203 e. The topological polar surface area (TPSA) is 51.8 Å². The molecular weight excluding hydrogens is 348 g/mol. The number of halogens is 1. The lowest BCUT2D eigenvalue weighted by atomic mass is 10.2. The highest BCUT2D eigenvalue weighted by Gasteiger charge is 2.13. The third kappa shape index (κ3) is 4.66. The summed E-state index contributed by atoms with van der Waals surface area (Å²) in [5.74, 6) is 1.76. The molecule has 0 amide bonds. The van der Waals surface area contributed by atoms with Gasteiger partial charge in [-0.2, -0.15) is 0 Å². The molecule has 2 aromatic carbocycles. The Labute approximate surface area is 151 Å². The number of nitrogens with one attached hydrogen (secondary N) is 2. The van der Waals surface area contributed by atoms with Crippen LogP contribution in [-0.4, -0.2) is 26.4 Å². The molecule has 128 valence electrons. The summed E-state index contributed by atoms with van der Waals surface area (Å²) in [6.45, 7) is 0.503. The Morgan fingerprint density at radius 3 is 2.25 bits per heavy atom. The molecule has 0 aliphatic heterocycles. The molecule has 0 atom stereocenters. The fourth-order valence-corrected chi connectivity index (χ4v) is 2.54. The molecule has 0 aliphatic rings. The predicted molar refractivity (Wildman–Crippen MR) is 101 cm³/mol. The minimum atomic E-state index is 0.492. The van der Waals surface area contributed by atoms with E-state index in [1.54, 1.807) is 33.5 Å². The van der Waals surface area contributed by atoms with E-state index in [0.717, 1.165) is 11.3 Å². The minimum absolute atomic E-state index is 0.492. The zero-order valence-corrected chi connectivity index (χ0v) is 15.3. The van der Waals surface area contributed by atoms with Crippen LogP contribution in [0.4, 0.5) is 5.69 Å². The van der Waals surface area contributed by atoms with Crippen LogP contribution >= 0.6 is 23.8 Å². The molecule has 24 heavy (non-hydrogen) atoms. The molecule has 0 bridgehead atoms. The lowest BCUT2D eigenvalue weighted by Gasteiger charge is -2.15. The zero-order chi connectivity index (χ0) is 17.5. The summed E-state index contributed by atoms with van der Waals surface area (Å²) in [5, 5.41) is 7.35. The van der Waals surface area contributed by atoms with Crippen molar-refractivity contribution in [2.24, 2.45) is 0 Å². The van der Waals surface area contributed by atoms with Gasteiger partial charge in [-0.15, -0.1) is 0 Å². The molecule has 0 spiro atoms. The standard InChI is InChI=1S/C17H19ClN2O3S/c1-21-14-7-11(8-15(22-2)16(14)23-3)10-19-17(24)20-13-6-4-5-12(18)9-13/h4-9H,10H2,1-3H3,(H2,19,20,24). The Bertz CT molecular complexity index is 700. The summed E-state index contributed by atoms with van der Waals surface area (Å²) in [7, 11) is 4.74. The molecule has 0 unspecified atom stereocenters. The molecule has 0 radical (unpaired) electrons. The molecule has 2 N–H and O–H groups in total. The summed E-state index contributed by atoms with van der Waals surface area (Å²) in [6, 6.07) is 11.1. The second-order valence-corrected chi connectivity index (χ2v) is 5.70. The summed E-state index contributed by atoms with van der Waals surface area (Å²) < 4.78 is 16.0. The van der Waals surface area contributed by atoms with Crippen LogP contribution in [0.1, 0.15) is 5.56 Å². The average Bonchev–Trinajstić information content (AvgIpc) is 2.58. The Hall–Kier alpha value is -2.18. The molecule has 2 aromatic rings. The van der Waals surface area contributed by atoms with E-state index in [0.29, 0.717) is 33.9 Å². The molecule has 7 heteroatoms. The van der Waals surface area contributed by atoms with Gasteiger partial charge < -0.3 is 24.8 Å². The van der Waals surface area contributed by atoms with Crippen LogP contribution in [0.25, 0.3) is 0 Å². The molecule has 5 nitrogen and oxygen atoms in total. The summed E-state index contributed by atoms with van der Waals surface area (Å²) in [6.07, 6.45) is 0. The van der Waals surface area contributed by atoms with Crippen molar-refractivity contribution in [2.75, 3.05) is 26.6 Å². The van der Waals surface area contributed by atoms with E-state index in [1.807, 2.05) is 24.3 Å². The highest BCUT2D eigenvalue weighted by Crippen LogP contribution is 2.38. The first-order valence-electron chi connectivity index (χ1n) is 7.16. The zero-order valence-electron chi connectivity index (χ0n) is 13.7. The Kier molecular flexibility index (Phi) is 6.52. The van der Waals surface area contributed by atoms with Crippen LogP contribution in [0.15, 0.2) is 36.4 Å². The van der Waals surface area contributed by atoms with Crippen molar-refractivity contribution >= 4 is 34.6 Å². The van der Waals surface area contributed by atoms with E-state index in [2.05, 4.69) is 10.6 Å². The molecule has 0 aromatic heterocycles. The number of anilines is 1. The van der Waals surface area contributed by atoms with Crippen molar-refractivity contribution in [1.82, 2.24) is 5.32 Å². The van der Waals surface area contributed by atoms with Gasteiger partial charge in [-0.25, -0.2) is 0 Å². The fraction of sp³-hybridized carbons (Fsp3) is 0.235. The highest BCUT2D eigenvalue weighted by atomic mass is 35.5. The van der Waals surface area contributed by atoms with Gasteiger partial charge in [-0.1, -0.05) is 17.7 Å². The van der Waals surface area contributed by atoms with Crippen LogP contribution in [-0.2, 0) is 6.54 Å². The van der Waals surface area contributed by atoms with Crippen molar-refractivity contribution < 1.29 is 14.2 Å². The van der Waals surface area contributed by atoms with Gasteiger partial charge in [0.1, 0.15) is 0 Å². The van der Waals surface area contributed by atoms with E-state index in [-0.39, 0.29) is 0 Å². The van der Waals surface area contributed by atoms with Crippen molar-refractivity contribution in [2.45, 2.75) is 6.54 Å². The number of hydrogen-bond acceptors (Lipinski definition) is 4. The second-order valence-electron chi connectivity index (χ2n) is 4.85. The summed E-state index contributed by atoms with van der Waals surface area (Å²) in [5.41, 5.74) is 1.77. The van der Waals surface area contributed by atoms with Crippen LogP contribution in [0, 0.1) is 0 Å². The monoisotopic (exact) mass is 366 g/mol. The van der Waals surface area contributed by atoms with Crippen LogP contribution in [0.5, 0.6) is 17.2 Å². The van der Waals surface area contributed by atoms with Gasteiger partial charge in [0.05, 0.1) is 21.3 Å². The number of hydrogen-bond donors (Lipinski definition) is 2. The van der Waals surface area contributed by atoms with Crippen molar-refractivity contribution in [3.05, 3.63) is 47.0 Å². The van der Waals surface area contributed by atoms with Crippen LogP contribution in [0.2, 0.25) is 5.02 Å². The number of benzene rings is 2. The van der Waals surface area contributed by atoms with E-state index in [9.17, 15) is 0 Å². The lowest BCUT2D eigenvalue weighted by Crippen LogP contribution is -2.27. The van der Waals surface area contributed by atoms with E-state index in [1.165, 1.54) is 0 Å². The van der Waals surface area contributed by atoms with Gasteiger partial charge in [0.15, 0.2) is 16.6 Å². The van der Waals surface area contributed by atoms with Crippen LogP contribution in [0.3, 0.4) is 0 Å². The second kappa shape index (κ2) is 8.61. The van der Waals surface area contributed by atoms with Crippen LogP contribution < -0.4 is 24.8 Å². The SMILES string of the molecule is COc1cc(CNC(=S)Nc2cccc(Cl)c2)cc(OC)c1OC. The molecule has 0 heterocycles. The number of ether oxygens (including phenoxy) is 3. The maximum Gasteiger partial charge on any atom is 0.203 e. The lowest BCUT2D eigenvalue weighted by molar-refractivity contribution is 0.323. The first-order chi connectivity index (χ1) is 11.6. The maximum atomic E-state index is 5.95. The average molecular weight is 367 g/mol. The largest absolute Gasteiger partial charge is 0.493 e. The minimum Gasteiger partial charge on any atom is -0.493 e. The predicted octanol–water partition coefficient (Wildman–Crippen LogP) is 3.85. The van der Waals surface area contributed by atoms with Crippen molar-refractivity contribution in [3.63, 3.8) is 0 Å². The quantitative estimate of drug-likeness (QED) is 0.757. The summed E-state index contributed by atoms with van der Waals surface area (Å²) >= 11 is 11.3. The highest BCUT2D eigenvalue weighted by molar-refractivity contribution is 7.80. The molecule has 0 saturated heterocycles. The van der Waals surface area contributed by atoms with Gasteiger partial charge in [-0.3, -0.25) is 0 Å². The first-order valence-corrected chi connectivity index (χ1v) is 7.95. The van der Waals surface area contributed by atoms with Gasteiger partial charge in [-0.05, 0) is 48.1 Å². The first kappa shape index (κ1) is 18.2. The molecule has 2 rings (SSSR count). The Morgan fingerprint density at radius 1 is 1.04 bits per heavy atom. The molecule has 0 fully saturated rings. The van der Waals surface area contributed by atoms with Crippen molar-refractivity contribution in [1.29, 1.82) is 0 Å². The number of rotatable bonds is 6. The third-order valence-corrected chi connectivity index (χ3v) is 3.74. The van der Waals surface area contributed by atoms with E-state index in [4.69, 9.17) is 38.0 Å². The Morgan fingerprint density at radius 2 is 1.71 bits per heavy atom. The van der Waals surface area contributed by atoms with Gasteiger partial charge in [0.2, 0.25) is 5.75 Å². The van der Waals surface area contributed by atoms with E-state index >= 15 is 0 Å². The molecule has 0 aliphatic carbocycles. The maximum absolute atomic E-state index is 5.95. The number of thiocarbonyl (C=S) groups is 1.